The first kappa shape index (κ1) is 17.2. The second kappa shape index (κ2) is 6.72. The van der Waals surface area contributed by atoms with Crippen molar-refractivity contribution < 1.29 is 12.8 Å². The highest BCUT2D eigenvalue weighted by Gasteiger charge is 2.18. The topological polar surface area (TPSA) is 64.0 Å². The third kappa shape index (κ3) is 3.72. The quantitative estimate of drug-likeness (QED) is 0.690. The van der Waals surface area contributed by atoms with Crippen LogP contribution in [0.2, 0.25) is 9.36 Å². The normalized spacial score (nSPS) is 11.6. The average Bonchev–Trinajstić information content (AvgIpc) is 3.12. The maximum Gasteiger partial charge on any atom is 0.271 e. The molecule has 0 aliphatic heterocycles. The number of nitrogens with zero attached hydrogens (tertiary/aromatic N) is 2. The van der Waals surface area contributed by atoms with E-state index in [-0.39, 0.29) is 27.0 Å². The lowest BCUT2D eigenvalue weighted by molar-refractivity contribution is 0.585. The monoisotopic (exact) mass is 405 g/mol. The van der Waals surface area contributed by atoms with E-state index in [0.29, 0.717) is 4.34 Å². The third-order valence-corrected chi connectivity index (χ3v) is 6.54. The summed E-state index contributed by atoms with van der Waals surface area (Å²) < 4.78 is 42.5. The Kier molecular flexibility index (Phi) is 4.82. The fourth-order valence-electron chi connectivity index (χ4n) is 2.00. The van der Waals surface area contributed by atoms with E-state index < -0.39 is 15.8 Å². The standard InChI is InChI=1S/C14H10Cl2FN3O2S2/c15-11-2-1-3-12(17)10(11)8-20-7-9(6-18-20)19-24(21,22)14-5-4-13(16)23-14/h1-7,19H,8H2. The molecular formula is C14H10Cl2FN3O2S2. The molecule has 0 aliphatic rings. The Morgan fingerprint density at radius 3 is 2.71 bits per heavy atom. The molecular weight excluding hydrogens is 396 g/mol. The Morgan fingerprint density at radius 1 is 1.25 bits per heavy atom. The lowest BCUT2D eigenvalue weighted by atomic mass is 10.2. The Balaban J connectivity index is 1.79. The van der Waals surface area contributed by atoms with Gasteiger partial charge in [0.05, 0.1) is 22.8 Å². The van der Waals surface area contributed by atoms with E-state index in [4.69, 9.17) is 23.2 Å². The number of aromatic nitrogens is 2. The van der Waals surface area contributed by atoms with E-state index in [1.54, 1.807) is 6.07 Å². The first-order valence-electron chi connectivity index (χ1n) is 6.59. The van der Waals surface area contributed by atoms with Gasteiger partial charge in [-0.15, -0.1) is 11.3 Å². The van der Waals surface area contributed by atoms with Crippen LogP contribution in [-0.2, 0) is 16.6 Å². The summed E-state index contributed by atoms with van der Waals surface area (Å²) in [7, 11) is -3.74. The lowest BCUT2D eigenvalue weighted by Gasteiger charge is -2.06. The summed E-state index contributed by atoms with van der Waals surface area (Å²) >= 11 is 12.7. The number of thiophene rings is 1. The van der Waals surface area contributed by atoms with Crippen molar-refractivity contribution in [1.29, 1.82) is 0 Å². The van der Waals surface area contributed by atoms with Crippen molar-refractivity contribution in [2.24, 2.45) is 0 Å². The van der Waals surface area contributed by atoms with Crippen LogP contribution in [0, 0.1) is 5.82 Å². The molecule has 5 nitrogen and oxygen atoms in total. The van der Waals surface area contributed by atoms with Crippen LogP contribution in [0.4, 0.5) is 10.1 Å². The largest absolute Gasteiger partial charge is 0.276 e. The minimum Gasteiger partial charge on any atom is -0.276 e. The predicted octanol–water partition coefficient (Wildman–Crippen LogP) is 4.24. The van der Waals surface area contributed by atoms with Gasteiger partial charge in [-0.1, -0.05) is 29.3 Å². The first-order valence-corrected chi connectivity index (χ1v) is 9.64. The average molecular weight is 406 g/mol. The molecule has 3 rings (SSSR count). The van der Waals surface area contributed by atoms with Gasteiger partial charge in [0, 0.05) is 16.8 Å². The third-order valence-electron chi connectivity index (χ3n) is 3.08. The second-order valence-corrected chi connectivity index (χ2v) is 8.82. The Morgan fingerprint density at radius 2 is 2.04 bits per heavy atom. The number of benzene rings is 1. The summed E-state index contributed by atoms with van der Waals surface area (Å²) in [5, 5.41) is 4.30. The molecule has 3 aromatic rings. The van der Waals surface area contributed by atoms with Crippen molar-refractivity contribution in [3.63, 3.8) is 0 Å². The second-order valence-electron chi connectivity index (χ2n) is 4.79. The van der Waals surface area contributed by atoms with E-state index in [2.05, 4.69) is 9.82 Å². The molecule has 0 fully saturated rings. The molecule has 2 heterocycles. The number of sulfonamides is 1. The summed E-state index contributed by atoms with van der Waals surface area (Å²) in [4.78, 5) is 0. The van der Waals surface area contributed by atoms with E-state index in [0.717, 1.165) is 11.3 Å². The van der Waals surface area contributed by atoms with Gasteiger partial charge in [-0.25, -0.2) is 12.8 Å². The molecule has 0 saturated heterocycles. The molecule has 1 aromatic carbocycles. The van der Waals surface area contributed by atoms with E-state index in [1.807, 2.05) is 0 Å². The van der Waals surface area contributed by atoms with Gasteiger partial charge in [0.15, 0.2) is 0 Å². The van der Waals surface area contributed by atoms with Gasteiger partial charge in [0.25, 0.3) is 10.0 Å². The van der Waals surface area contributed by atoms with Crippen LogP contribution in [0.25, 0.3) is 0 Å². The molecule has 10 heteroatoms. The SMILES string of the molecule is O=S(=O)(Nc1cnn(Cc2c(F)cccc2Cl)c1)c1ccc(Cl)s1. The van der Waals surface area contributed by atoms with Gasteiger partial charge in [0.2, 0.25) is 0 Å². The highest BCUT2D eigenvalue weighted by molar-refractivity contribution is 7.94. The molecule has 0 saturated carbocycles. The lowest BCUT2D eigenvalue weighted by Crippen LogP contribution is -2.11. The van der Waals surface area contributed by atoms with Crippen molar-refractivity contribution in [1.82, 2.24) is 9.78 Å². The maximum atomic E-state index is 13.8. The Hall–Kier alpha value is -1.61. The molecule has 2 aromatic heterocycles. The molecule has 1 N–H and O–H groups in total. The Labute approximate surface area is 151 Å². The van der Waals surface area contributed by atoms with Crippen LogP contribution in [0.1, 0.15) is 5.56 Å². The minimum atomic E-state index is -3.74. The Bertz CT molecular complexity index is 965. The molecule has 126 valence electrons. The smallest absolute Gasteiger partial charge is 0.271 e. The van der Waals surface area contributed by atoms with Crippen LogP contribution in [-0.4, -0.2) is 18.2 Å². The van der Waals surface area contributed by atoms with Gasteiger partial charge < -0.3 is 0 Å². The van der Waals surface area contributed by atoms with Crippen LogP contribution in [0.15, 0.2) is 46.9 Å². The fourth-order valence-corrected chi connectivity index (χ4v) is 4.73. The number of hydrogen-bond acceptors (Lipinski definition) is 4. The maximum absolute atomic E-state index is 13.8. The zero-order valence-electron chi connectivity index (χ0n) is 11.9. The molecule has 0 bridgehead atoms. The molecule has 0 aliphatic carbocycles. The number of hydrogen-bond donors (Lipinski definition) is 1. The molecule has 0 amide bonds. The van der Waals surface area contributed by atoms with Gasteiger partial charge >= 0.3 is 0 Å². The fraction of sp³-hybridized carbons (Fsp3) is 0.0714. The van der Waals surface area contributed by atoms with Crippen LogP contribution >= 0.6 is 34.5 Å². The number of anilines is 1. The predicted molar refractivity (Wildman–Crippen MR) is 92.9 cm³/mol. The summed E-state index contributed by atoms with van der Waals surface area (Å²) in [5.41, 5.74) is 0.536. The summed E-state index contributed by atoms with van der Waals surface area (Å²) in [6, 6.07) is 7.31. The van der Waals surface area contributed by atoms with Gasteiger partial charge in [-0.2, -0.15) is 5.10 Å². The van der Waals surface area contributed by atoms with Crippen LogP contribution in [0.3, 0.4) is 0 Å². The molecule has 0 unspecified atom stereocenters. The molecule has 0 atom stereocenters. The summed E-state index contributed by atoms with van der Waals surface area (Å²) in [6.07, 6.45) is 2.79. The van der Waals surface area contributed by atoms with Crippen molar-refractivity contribution in [2.75, 3.05) is 4.72 Å². The van der Waals surface area contributed by atoms with Gasteiger partial charge in [0.1, 0.15) is 10.0 Å². The van der Waals surface area contributed by atoms with E-state index >= 15 is 0 Å². The molecule has 0 spiro atoms. The minimum absolute atomic E-state index is 0.0814. The first-order chi connectivity index (χ1) is 11.3. The number of halogens is 3. The van der Waals surface area contributed by atoms with E-state index in [1.165, 1.54) is 41.3 Å². The van der Waals surface area contributed by atoms with Crippen molar-refractivity contribution in [2.45, 2.75) is 10.8 Å². The van der Waals surface area contributed by atoms with Crippen molar-refractivity contribution in [3.05, 3.63) is 63.5 Å². The van der Waals surface area contributed by atoms with Gasteiger partial charge in [-0.3, -0.25) is 9.40 Å². The molecule has 24 heavy (non-hydrogen) atoms. The number of nitrogens with one attached hydrogen (secondary N) is 1. The van der Waals surface area contributed by atoms with Gasteiger partial charge in [-0.05, 0) is 24.3 Å². The van der Waals surface area contributed by atoms with Crippen molar-refractivity contribution >= 4 is 50.2 Å². The molecule has 0 radical (unpaired) electrons. The van der Waals surface area contributed by atoms with Crippen LogP contribution in [0.5, 0.6) is 0 Å². The highest BCUT2D eigenvalue weighted by Crippen LogP contribution is 2.27. The number of rotatable bonds is 5. The summed E-state index contributed by atoms with van der Waals surface area (Å²) in [6.45, 7) is 0.0814. The zero-order chi connectivity index (χ0) is 17.3. The van der Waals surface area contributed by atoms with E-state index in [9.17, 15) is 12.8 Å². The van der Waals surface area contributed by atoms with Crippen molar-refractivity contribution in [3.8, 4) is 0 Å². The summed E-state index contributed by atoms with van der Waals surface area (Å²) in [5.74, 6) is -0.451. The highest BCUT2D eigenvalue weighted by atomic mass is 35.5. The van der Waals surface area contributed by atoms with Crippen LogP contribution < -0.4 is 4.72 Å². The zero-order valence-corrected chi connectivity index (χ0v) is 15.1.